The Hall–Kier alpha value is -0.930. The number of amides is 1. The molecule has 0 fully saturated rings. The molecule has 3 nitrogen and oxygen atoms in total. The summed E-state index contributed by atoms with van der Waals surface area (Å²) in [5.74, 6) is 0.246. The molecule has 0 aliphatic carbocycles. The van der Waals surface area contributed by atoms with E-state index in [2.05, 4.69) is 5.32 Å². The molecule has 0 aliphatic rings. The first kappa shape index (κ1) is 14.1. The SMILES string of the molecule is CCC(Cl)CNC(=O)c1ccc(Cl)cc1OC. The van der Waals surface area contributed by atoms with E-state index in [1.54, 1.807) is 18.2 Å². The van der Waals surface area contributed by atoms with Gasteiger partial charge >= 0.3 is 0 Å². The molecule has 94 valence electrons. The highest BCUT2D eigenvalue weighted by molar-refractivity contribution is 6.30. The Balaban J connectivity index is 2.75. The number of alkyl halides is 1. The van der Waals surface area contributed by atoms with Crippen LogP contribution in [0.4, 0.5) is 0 Å². The summed E-state index contributed by atoms with van der Waals surface area (Å²) in [5, 5.41) is 3.22. The lowest BCUT2D eigenvalue weighted by Gasteiger charge is -2.11. The minimum atomic E-state index is -0.211. The van der Waals surface area contributed by atoms with E-state index in [4.69, 9.17) is 27.9 Å². The lowest BCUT2D eigenvalue weighted by atomic mass is 10.2. The molecule has 0 aliphatic heterocycles. The number of ether oxygens (including phenoxy) is 1. The first-order valence-electron chi connectivity index (χ1n) is 5.34. The third-order valence-corrected chi connectivity index (χ3v) is 3.03. The molecular formula is C12H15Cl2NO2. The predicted octanol–water partition coefficient (Wildman–Crippen LogP) is 3.10. The molecular weight excluding hydrogens is 261 g/mol. The van der Waals surface area contributed by atoms with Crippen LogP contribution in [0.1, 0.15) is 23.7 Å². The number of rotatable bonds is 5. The van der Waals surface area contributed by atoms with Crippen molar-refractivity contribution in [2.75, 3.05) is 13.7 Å². The van der Waals surface area contributed by atoms with Crippen molar-refractivity contribution in [3.63, 3.8) is 0 Å². The van der Waals surface area contributed by atoms with Gasteiger partial charge in [0.25, 0.3) is 5.91 Å². The van der Waals surface area contributed by atoms with Crippen molar-refractivity contribution in [2.24, 2.45) is 0 Å². The Morgan fingerprint density at radius 2 is 2.24 bits per heavy atom. The van der Waals surface area contributed by atoms with E-state index in [-0.39, 0.29) is 11.3 Å². The number of nitrogens with one attached hydrogen (secondary N) is 1. The van der Waals surface area contributed by atoms with Gasteiger partial charge in [-0.2, -0.15) is 0 Å². The van der Waals surface area contributed by atoms with Crippen molar-refractivity contribution in [1.29, 1.82) is 0 Å². The summed E-state index contributed by atoms with van der Waals surface area (Å²) in [6.45, 7) is 2.40. The van der Waals surface area contributed by atoms with E-state index in [9.17, 15) is 4.79 Å². The minimum Gasteiger partial charge on any atom is -0.496 e. The van der Waals surface area contributed by atoms with Crippen LogP contribution in [0, 0.1) is 0 Å². The number of carbonyl (C=O) groups is 1. The zero-order chi connectivity index (χ0) is 12.8. The van der Waals surface area contributed by atoms with Crippen LogP contribution in [0.15, 0.2) is 18.2 Å². The number of hydrogen-bond acceptors (Lipinski definition) is 2. The fourth-order valence-corrected chi connectivity index (χ4v) is 1.53. The normalized spacial score (nSPS) is 12.0. The van der Waals surface area contributed by atoms with Gasteiger partial charge in [0.2, 0.25) is 0 Å². The maximum atomic E-state index is 11.9. The molecule has 5 heteroatoms. The molecule has 1 unspecified atom stereocenters. The molecule has 0 spiro atoms. The van der Waals surface area contributed by atoms with Gasteiger partial charge in [-0.3, -0.25) is 4.79 Å². The molecule has 1 N–H and O–H groups in total. The number of carbonyl (C=O) groups excluding carboxylic acids is 1. The van der Waals surface area contributed by atoms with Gasteiger partial charge in [-0.25, -0.2) is 0 Å². The van der Waals surface area contributed by atoms with Crippen molar-refractivity contribution in [2.45, 2.75) is 18.7 Å². The highest BCUT2D eigenvalue weighted by atomic mass is 35.5. The van der Waals surface area contributed by atoms with Crippen LogP contribution >= 0.6 is 23.2 Å². The first-order valence-corrected chi connectivity index (χ1v) is 6.15. The van der Waals surface area contributed by atoms with Crippen molar-refractivity contribution in [3.05, 3.63) is 28.8 Å². The fraction of sp³-hybridized carbons (Fsp3) is 0.417. The van der Waals surface area contributed by atoms with E-state index in [1.807, 2.05) is 6.92 Å². The second-order valence-electron chi connectivity index (χ2n) is 3.56. The largest absolute Gasteiger partial charge is 0.496 e. The van der Waals surface area contributed by atoms with E-state index in [0.717, 1.165) is 6.42 Å². The Bertz CT molecular complexity index is 396. The fourth-order valence-electron chi connectivity index (χ4n) is 1.30. The monoisotopic (exact) mass is 275 g/mol. The van der Waals surface area contributed by atoms with Gasteiger partial charge in [-0.15, -0.1) is 11.6 Å². The standard InChI is InChI=1S/C12H15Cl2NO2/c1-3-8(13)7-15-12(16)10-5-4-9(14)6-11(10)17-2/h4-6,8H,3,7H2,1-2H3,(H,15,16). The number of hydrogen-bond donors (Lipinski definition) is 1. The quantitative estimate of drug-likeness (QED) is 0.839. The van der Waals surface area contributed by atoms with Crippen molar-refractivity contribution >= 4 is 29.1 Å². The van der Waals surface area contributed by atoms with Crippen LogP contribution in [0.2, 0.25) is 5.02 Å². The molecule has 0 saturated carbocycles. The highest BCUT2D eigenvalue weighted by Gasteiger charge is 2.13. The third-order valence-electron chi connectivity index (χ3n) is 2.34. The van der Waals surface area contributed by atoms with E-state index in [1.165, 1.54) is 7.11 Å². The van der Waals surface area contributed by atoms with Gasteiger partial charge in [-0.05, 0) is 24.6 Å². The van der Waals surface area contributed by atoms with Gasteiger partial charge in [0.05, 0.1) is 18.1 Å². The van der Waals surface area contributed by atoms with Crippen LogP contribution < -0.4 is 10.1 Å². The van der Waals surface area contributed by atoms with Gasteiger partial charge in [0.1, 0.15) is 5.75 Å². The molecule has 0 saturated heterocycles. The summed E-state index contributed by atoms with van der Waals surface area (Å²) in [7, 11) is 1.50. The zero-order valence-corrected chi connectivity index (χ0v) is 11.3. The Morgan fingerprint density at radius 1 is 1.53 bits per heavy atom. The predicted molar refractivity (Wildman–Crippen MR) is 70.3 cm³/mol. The second kappa shape index (κ2) is 6.72. The van der Waals surface area contributed by atoms with Gasteiger partial charge in [0, 0.05) is 11.6 Å². The lowest BCUT2D eigenvalue weighted by Crippen LogP contribution is -2.29. The van der Waals surface area contributed by atoms with Crippen molar-refractivity contribution < 1.29 is 9.53 Å². The summed E-state index contributed by atoms with van der Waals surface area (Å²) >= 11 is 11.7. The second-order valence-corrected chi connectivity index (χ2v) is 4.61. The zero-order valence-electron chi connectivity index (χ0n) is 9.80. The van der Waals surface area contributed by atoms with Crippen LogP contribution in [0.25, 0.3) is 0 Å². The molecule has 1 atom stereocenters. The summed E-state index contributed by atoms with van der Waals surface area (Å²) in [6, 6.07) is 4.89. The first-order chi connectivity index (χ1) is 8.08. The van der Waals surface area contributed by atoms with Crippen molar-refractivity contribution in [3.8, 4) is 5.75 Å². The van der Waals surface area contributed by atoms with E-state index >= 15 is 0 Å². The summed E-state index contributed by atoms with van der Waals surface area (Å²) in [4.78, 5) is 11.9. The van der Waals surface area contributed by atoms with Gasteiger partial charge in [-0.1, -0.05) is 18.5 Å². The molecule has 0 aromatic heterocycles. The van der Waals surface area contributed by atoms with Crippen LogP contribution in [-0.4, -0.2) is 24.9 Å². The molecule has 17 heavy (non-hydrogen) atoms. The Morgan fingerprint density at radius 3 is 2.82 bits per heavy atom. The number of benzene rings is 1. The van der Waals surface area contributed by atoms with E-state index < -0.39 is 0 Å². The van der Waals surface area contributed by atoms with Crippen LogP contribution in [0.3, 0.4) is 0 Å². The molecule has 0 radical (unpaired) electrons. The van der Waals surface area contributed by atoms with Gasteiger partial charge in [0.15, 0.2) is 0 Å². The molecule has 0 heterocycles. The van der Waals surface area contributed by atoms with Gasteiger partial charge < -0.3 is 10.1 Å². The van der Waals surface area contributed by atoms with Crippen LogP contribution in [0.5, 0.6) is 5.75 Å². The highest BCUT2D eigenvalue weighted by Crippen LogP contribution is 2.22. The number of methoxy groups -OCH3 is 1. The minimum absolute atomic E-state index is 0.0581. The topological polar surface area (TPSA) is 38.3 Å². The third kappa shape index (κ3) is 4.10. The average molecular weight is 276 g/mol. The van der Waals surface area contributed by atoms with E-state index in [0.29, 0.717) is 22.9 Å². The summed E-state index contributed by atoms with van der Waals surface area (Å²) in [5.41, 5.74) is 0.455. The molecule has 1 rings (SSSR count). The molecule has 1 amide bonds. The average Bonchev–Trinajstić information content (AvgIpc) is 2.35. The molecule has 1 aromatic carbocycles. The molecule has 0 bridgehead atoms. The molecule has 1 aromatic rings. The van der Waals surface area contributed by atoms with Crippen LogP contribution in [-0.2, 0) is 0 Å². The number of halogens is 2. The maximum Gasteiger partial charge on any atom is 0.255 e. The summed E-state index contributed by atoms with van der Waals surface area (Å²) in [6.07, 6.45) is 0.805. The lowest BCUT2D eigenvalue weighted by molar-refractivity contribution is 0.0950. The Labute approximate surface area is 111 Å². The Kier molecular flexibility index (Phi) is 5.59. The summed E-state index contributed by atoms with van der Waals surface area (Å²) < 4.78 is 5.10. The maximum absolute atomic E-state index is 11.9. The smallest absolute Gasteiger partial charge is 0.255 e. The van der Waals surface area contributed by atoms with Crippen molar-refractivity contribution in [1.82, 2.24) is 5.32 Å².